The minimum absolute atomic E-state index is 0.0176. The van der Waals surface area contributed by atoms with E-state index in [9.17, 15) is 31.9 Å². The predicted octanol–water partition coefficient (Wildman–Crippen LogP) is 6.17. The molecule has 0 bridgehead atoms. The molecule has 4 aliphatic carbocycles. The summed E-state index contributed by atoms with van der Waals surface area (Å²) < 4.78 is 69.6. The van der Waals surface area contributed by atoms with Crippen LogP contribution >= 0.6 is 15.9 Å². The van der Waals surface area contributed by atoms with Crippen LogP contribution in [0, 0.1) is 29.1 Å². The Morgan fingerprint density at radius 2 is 1.72 bits per heavy atom. The number of Topliss-reactive ketones (excluding diaryl/α,β-unsaturated/α-hetero) is 1. The van der Waals surface area contributed by atoms with Crippen molar-refractivity contribution < 1.29 is 31.9 Å². The molecule has 0 spiro atoms. The Kier molecular flexibility index (Phi) is 5.05. The summed E-state index contributed by atoms with van der Waals surface area (Å²) in [4.78, 5) is 12.1. The second kappa shape index (κ2) is 6.75. The van der Waals surface area contributed by atoms with Crippen LogP contribution < -0.4 is 0 Å². The van der Waals surface area contributed by atoms with E-state index >= 15 is 0 Å². The fraction of sp³-hybridized carbons (Fsp3) is 0.857. The van der Waals surface area contributed by atoms with Gasteiger partial charge in [0.2, 0.25) is 0 Å². The SMILES string of the molecule is CCC12CC[C@H]3[C@@H](CCC4=C(Br)C(=O)CC[C@@H]43)[C@@H]1CC[C@@]2(O)C(F)(F)C(F)(F)F. The number of allylic oxidation sites excluding steroid dienone is 1. The Morgan fingerprint density at radius 1 is 1.03 bits per heavy atom. The maximum atomic E-state index is 14.6. The van der Waals surface area contributed by atoms with Crippen molar-refractivity contribution in [3.05, 3.63) is 10.1 Å². The van der Waals surface area contributed by atoms with Gasteiger partial charge in [-0.1, -0.05) is 6.92 Å². The molecule has 6 atom stereocenters. The van der Waals surface area contributed by atoms with Gasteiger partial charge in [0, 0.05) is 11.8 Å². The van der Waals surface area contributed by atoms with Crippen molar-refractivity contribution in [3.8, 4) is 0 Å². The molecule has 0 aromatic carbocycles. The number of hydrogen-bond acceptors (Lipinski definition) is 2. The molecule has 3 saturated carbocycles. The van der Waals surface area contributed by atoms with Crippen molar-refractivity contribution >= 4 is 21.7 Å². The summed E-state index contributed by atoms with van der Waals surface area (Å²) in [5, 5.41) is 11.0. The Balaban J connectivity index is 1.71. The summed E-state index contributed by atoms with van der Waals surface area (Å²) in [6.07, 6.45) is -2.77. The number of carbonyl (C=O) groups excluding carboxylic acids is 1. The first kappa shape index (κ1) is 21.7. The van der Waals surface area contributed by atoms with E-state index in [0.717, 1.165) is 12.0 Å². The lowest BCUT2D eigenvalue weighted by molar-refractivity contribution is -0.365. The van der Waals surface area contributed by atoms with Crippen molar-refractivity contribution in [2.75, 3.05) is 0 Å². The van der Waals surface area contributed by atoms with Gasteiger partial charge >= 0.3 is 12.1 Å². The zero-order chi connectivity index (χ0) is 21.4. The normalized spacial score (nSPS) is 43.1. The monoisotopic (exact) mass is 484 g/mol. The molecular formula is C21H26BrF5O2. The number of halogens is 6. The van der Waals surface area contributed by atoms with Gasteiger partial charge in [-0.15, -0.1) is 0 Å². The molecule has 8 heteroatoms. The zero-order valence-electron chi connectivity index (χ0n) is 16.3. The van der Waals surface area contributed by atoms with Crippen molar-refractivity contribution in [3.63, 3.8) is 0 Å². The highest BCUT2D eigenvalue weighted by Gasteiger charge is 2.79. The highest BCUT2D eigenvalue weighted by molar-refractivity contribution is 9.12. The number of fused-ring (bicyclic) bond motifs is 5. The molecule has 1 unspecified atom stereocenters. The molecule has 0 radical (unpaired) electrons. The third-order valence-electron chi connectivity index (χ3n) is 8.77. The molecule has 0 aliphatic heterocycles. The molecule has 29 heavy (non-hydrogen) atoms. The van der Waals surface area contributed by atoms with Gasteiger partial charge in [0.25, 0.3) is 0 Å². The van der Waals surface area contributed by atoms with Crippen molar-refractivity contribution in [1.29, 1.82) is 0 Å². The number of alkyl halides is 5. The number of hydrogen-bond donors (Lipinski definition) is 1. The van der Waals surface area contributed by atoms with Gasteiger partial charge in [0.05, 0.1) is 4.48 Å². The van der Waals surface area contributed by atoms with E-state index in [0.29, 0.717) is 30.2 Å². The van der Waals surface area contributed by atoms with E-state index in [1.165, 1.54) is 0 Å². The summed E-state index contributed by atoms with van der Waals surface area (Å²) in [5.41, 5.74) is -3.38. The standard InChI is InChI=1S/C21H26BrF5O2/c1-2-18-9-7-12-11-5-6-16(28)17(22)14(11)4-3-13(12)15(18)8-10-19(18,29)20(23,24)21(25,26)27/h11-13,15,29H,2-10H2,1H3/t11-,12-,13-,15+,18?,19+/m1/s1. The van der Waals surface area contributed by atoms with Crippen molar-refractivity contribution in [2.45, 2.75) is 82.4 Å². The molecule has 4 rings (SSSR count). The fourth-order valence-electron chi connectivity index (χ4n) is 7.50. The molecule has 0 saturated heterocycles. The van der Waals surface area contributed by atoms with Crippen LogP contribution in [0.25, 0.3) is 0 Å². The highest BCUT2D eigenvalue weighted by atomic mass is 79.9. The number of aliphatic hydroxyl groups is 1. The first-order valence-corrected chi connectivity index (χ1v) is 11.3. The lowest BCUT2D eigenvalue weighted by atomic mass is 9.48. The van der Waals surface area contributed by atoms with Crippen LogP contribution in [-0.2, 0) is 4.79 Å². The quantitative estimate of drug-likeness (QED) is 0.475. The average Bonchev–Trinajstić information content (AvgIpc) is 2.98. The maximum Gasteiger partial charge on any atom is 0.456 e. The largest absolute Gasteiger partial charge is 0.456 e. The molecule has 3 fully saturated rings. The molecule has 0 amide bonds. The minimum atomic E-state index is -5.77. The maximum absolute atomic E-state index is 14.6. The van der Waals surface area contributed by atoms with Crippen LogP contribution in [0.2, 0.25) is 0 Å². The first-order chi connectivity index (χ1) is 13.4. The van der Waals surface area contributed by atoms with Gasteiger partial charge in [-0.25, -0.2) is 0 Å². The van der Waals surface area contributed by atoms with Gasteiger partial charge in [-0.2, -0.15) is 22.0 Å². The van der Waals surface area contributed by atoms with Crippen molar-refractivity contribution in [1.82, 2.24) is 0 Å². The van der Waals surface area contributed by atoms with Gasteiger partial charge in [0.1, 0.15) is 5.60 Å². The van der Waals surface area contributed by atoms with Crippen LogP contribution in [0.5, 0.6) is 0 Å². The summed E-state index contributed by atoms with van der Waals surface area (Å²) >= 11 is 3.42. The zero-order valence-corrected chi connectivity index (χ0v) is 17.9. The third-order valence-corrected chi connectivity index (χ3v) is 9.72. The Morgan fingerprint density at radius 3 is 2.34 bits per heavy atom. The average molecular weight is 485 g/mol. The van der Waals surface area contributed by atoms with Gasteiger partial charge < -0.3 is 5.11 Å². The summed E-state index contributed by atoms with van der Waals surface area (Å²) in [5.74, 6) is -4.99. The summed E-state index contributed by atoms with van der Waals surface area (Å²) in [7, 11) is 0. The van der Waals surface area contributed by atoms with E-state index in [1.54, 1.807) is 6.92 Å². The second-order valence-corrected chi connectivity index (χ2v) is 10.2. The lowest BCUT2D eigenvalue weighted by Gasteiger charge is -2.58. The third kappa shape index (κ3) is 2.69. The van der Waals surface area contributed by atoms with E-state index in [2.05, 4.69) is 15.9 Å². The van der Waals surface area contributed by atoms with Crippen LogP contribution in [0.15, 0.2) is 10.1 Å². The molecule has 0 aromatic heterocycles. The Labute approximate surface area is 175 Å². The molecule has 2 nitrogen and oxygen atoms in total. The molecule has 4 aliphatic rings. The molecule has 0 heterocycles. The predicted molar refractivity (Wildman–Crippen MR) is 101 cm³/mol. The lowest BCUT2D eigenvalue weighted by Crippen LogP contribution is -2.66. The molecule has 1 N–H and O–H groups in total. The smallest absolute Gasteiger partial charge is 0.383 e. The van der Waals surface area contributed by atoms with Crippen LogP contribution in [0.4, 0.5) is 22.0 Å². The molecular weight excluding hydrogens is 459 g/mol. The number of rotatable bonds is 2. The van der Waals surface area contributed by atoms with Crippen LogP contribution in [0.3, 0.4) is 0 Å². The van der Waals surface area contributed by atoms with Gasteiger partial charge in [-0.05, 0) is 96.5 Å². The van der Waals surface area contributed by atoms with E-state index < -0.39 is 29.5 Å². The molecule has 0 aromatic rings. The Hall–Kier alpha value is -0.500. The number of ketones is 1. The van der Waals surface area contributed by atoms with Gasteiger partial charge in [0.15, 0.2) is 5.78 Å². The number of carbonyl (C=O) groups is 1. The topological polar surface area (TPSA) is 37.3 Å². The fourth-order valence-corrected chi connectivity index (χ4v) is 8.19. The van der Waals surface area contributed by atoms with Crippen LogP contribution in [-0.4, -0.2) is 28.6 Å². The second-order valence-electron chi connectivity index (χ2n) is 9.40. The summed E-state index contributed by atoms with van der Waals surface area (Å²) in [6.45, 7) is 1.64. The van der Waals surface area contributed by atoms with Crippen molar-refractivity contribution in [2.24, 2.45) is 29.1 Å². The first-order valence-electron chi connectivity index (χ1n) is 10.5. The summed E-state index contributed by atoms with van der Waals surface area (Å²) in [6, 6.07) is 0. The Bertz CT molecular complexity index is 748. The van der Waals surface area contributed by atoms with Crippen LogP contribution in [0.1, 0.15) is 64.7 Å². The highest BCUT2D eigenvalue weighted by Crippen LogP contribution is 2.70. The van der Waals surface area contributed by atoms with Gasteiger partial charge in [-0.3, -0.25) is 4.79 Å². The van der Waals surface area contributed by atoms with E-state index in [4.69, 9.17) is 0 Å². The van der Waals surface area contributed by atoms with E-state index in [1.807, 2.05) is 0 Å². The van der Waals surface area contributed by atoms with E-state index in [-0.39, 0.29) is 48.7 Å². The minimum Gasteiger partial charge on any atom is -0.383 e. The molecule has 164 valence electrons.